The fourth-order valence-electron chi connectivity index (χ4n) is 17.0. The summed E-state index contributed by atoms with van der Waals surface area (Å²) in [6, 6.07) is 51.6. The number of nitrogens with two attached hydrogens (primary N) is 1. The van der Waals surface area contributed by atoms with Gasteiger partial charge in [0.15, 0.2) is 32.9 Å². The van der Waals surface area contributed by atoms with E-state index in [1.807, 2.05) is 190 Å². The van der Waals surface area contributed by atoms with Gasteiger partial charge in [-0.3, -0.25) is 24.3 Å². The number of anilines is 5. The van der Waals surface area contributed by atoms with Gasteiger partial charge in [0.25, 0.3) is 22.2 Å². The number of hydrogen-bond acceptors (Lipinski definition) is 22. The van der Waals surface area contributed by atoms with Crippen LogP contribution in [0.1, 0.15) is 260 Å². The van der Waals surface area contributed by atoms with Crippen LogP contribution < -0.4 is 43.9 Å². The summed E-state index contributed by atoms with van der Waals surface area (Å²) in [7, 11) is 0. The molecule has 144 heavy (non-hydrogen) atoms. The number of halogens is 1. The Labute approximate surface area is 860 Å². The third-order valence-corrected chi connectivity index (χ3v) is 26.2. The zero-order chi connectivity index (χ0) is 105. The van der Waals surface area contributed by atoms with Crippen LogP contribution in [0.5, 0.6) is 0 Å². The smallest absolute Gasteiger partial charge is 0.410 e. The molecule has 0 bridgehead atoms. The third kappa shape index (κ3) is 26.0. The normalized spacial score (nSPS) is 13.4. The number of nitrogens with one attached hydrogen (secondary N) is 4. The second-order valence-corrected chi connectivity index (χ2v) is 46.2. The molecule has 0 fully saturated rings. The fourth-order valence-corrected chi connectivity index (χ4v) is 18.0. The van der Waals surface area contributed by atoms with E-state index in [0.29, 0.717) is 92.5 Å². The van der Waals surface area contributed by atoms with Crippen molar-refractivity contribution in [2.24, 2.45) is 0 Å². The van der Waals surface area contributed by atoms with Gasteiger partial charge in [0.1, 0.15) is 32.7 Å². The monoisotopic (exact) mass is 2050 g/mol. The molecule has 0 spiro atoms. The largest absolute Gasteiger partial charge is 0.444 e. The first kappa shape index (κ1) is 108. The maximum absolute atomic E-state index is 13.4. The van der Waals surface area contributed by atoms with Gasteiger partial charge in [-0.25, -0.2) is 72.3 Å². The van der Waals surface area contributed by atoms with Crippen LogP contribution >= 0.6 is 39.5 Å². The van der Waals surface area contributed by atoms with Crippen molar-refractivity contribution >= 4 is 125 Å². The van der Waals surface area contributed by atoms with Crippen LogP contribution in [0.15, 0.2) is 210 Å². The lowest BCUT2D eigenvalue weighted by Gasteiger charge is -2.31. The van der Waals surface area contributed by atoms with Crippen molar-refractivity contribution in [1.82, 2.24) is 92.9 Å². The standard InChI is InChI=1S/C32H40N6O3.C27H32N6O.C19H24N4OS.C14H20N2O2.C10H13Br.C9H12N4OS/c1-20(2)37-28(39)26-18-33-29(35-27(26)38(37)25-11-9-10-23(17-25)31(3,4)5)34-24-13-12-22-19-36(15-14-21(22)16-24)30(40)41-32(6,7)8;1-17(2)32-25(34)23-16-29-26(30-21-10-9-19-15-28-12-11-18(19)13-21)31-24(23)33(32)22-8-6-7-20(14-22)27(3,4)5;1-12(2)22-17(24)15-11-20-18(25-6)21-16(15)23(22)14-9-7-8-13(10-14)19(3,4)5;1-14(2,3)18-13(17)16-7-6-10-8-12(15)5-4-11(10)9-16;1-10(2,3)8-5-4-6-9(11)7-8;1-5(2)13-8(14)6-4-10-9(15-3)11-7(6)12-13/h9-13,16-18,20H,14-15,19H2,1-8H3,(H,33,34,35);6-10,13-14,16-17,28H,11-12,15H2,1-5H3,(H,29,30,31);7-12H,1-6H3;4-5,8H,6-7,9,15H2,1-3H3;4-7H,1-3H3;4-5H,1-3H3,(H,10,11,12). The van der Waals surface area contributed by atoms with Crippen LogP contribution in [0.25, 0.3) is 61.2 Å². The predicted octanol–water partition coefficient (Wildman–Crippen LogP) is 23.3. The Bertz CT molecular complexity index is 7440. The summed E-state index contributed by atoms with van der Waals surface area (Å²) < 4.78 is 24.7. The van der Waals surface area contributed by atoms with Gasteiger partial charge in [0.2, 0.25) is 11.9 Å². The Hall–Kier alpha value is -13.0. The first-order valence-corrected chi connectivity index (χ1v) is 52.4. The average molecular weight is 2060 g/mol. The molecular formula is C111H141BrN22O8S2. The Morgan fingerprint density at radius 1 is 0.410 bits per heavy atom. The Kier molecular flexibility index (Phi) is 33.3. The number of thioether (sulfide) groups is 2. The van der Waals surface area contributed by atoms with Crippen molar-refractivity contribution in [3.8, 4) is 17.1 Å². The van der Waals surface area contributed by atoms with Crippen LogP contribution in [-0.4, -0.2) is 143 Å². The van der Waals surface area contributed by atoms with E-state index in [1.165, 1.54) is 62.5 Å². The van der Waals surface area contributed by atoms with E-state index in [2.05, 4.69) is 235 Å². The molecule has 2 amide bonds. The predicted molar refractivity (Wildman–Crippen MR) is 588 cm³/mol. The minimum atomic E-state index is -0.525. The van der Waals surface area contributed by atoms with Gasteiger partial charge in [-0.15, -0.1) is 0 Å². The van der Waals surface area contributed by atoms with Gasteiger partial charge >= 0.3 is 12.2 Å². The number of amides is 2. The molecule has 15 aromatic rings. The number of fused-ring (bicyclic) bond motifs is 7. The van der Waals surface area contributed by atoms with E-state index < -0.39 is 11.2 Å². The zero-order valence-corrected chi connectivity index (χ0v) is 91.8. The van der Waals surface area contributed by atoms with E-state index in [-0.39, 0.29) is 80.3 Å². The van der Waals surface area contributed by atoms with Gasteiger partial charge < -0.3 is 41.0 Å². The maximum atomic E-state index is 13.4. The molecule has 0 saturated heterocycles. The minimum absolute atomic E-state index is 0.00834. The lowest BCUT2D eigenvalue weighted by molar-refractivity contribution is 0.0214. The Morgan fingerprint density at radius 2 is 0.778 bits per heavy atom. The fraction of sp³-hybridized carbons (Fsp3) is 0.423. The summed E-state index contributed by atoms with van der Waals surface area (Å²) in [6.45, 7) is 57.8. The number of rotatable bonds is 13. The van der Waals surface area contributed by atoms with Crippen molar-refractivity contribution in [2.45, 2.75) is 286 Å². The third-order valence-electron chi connectivity index (χ3n) is 24.6. The first-order chi connectivity index (χ1) is 67.6. The van der Waals surface area contributed by atoms with Crippen LogP contribution in [0.4, 0.5) is 38.5 Å². The number of carbonyl (C=O) groups excluding carboxylic acids is 2. The highest BCUT2D eigenvalue weighted by atomic mass is 79.9. The van der Waals surface area contributed by atoms with E-state index in [0.717, 1.165) is 87.6 Å². The van der Waals surface area contributed by atoms with Crippen LogP contribution in [0.2, 0.25) is 0 Å². The molecule has 18 rings (SSSR count). The van der Waals surface area contributed by atoms with Gasteiger partial charge in [-0.1, -0.05) is 189 Å². The molecule has 33 heteroatoms. The molecule has 0 saturated carbocycles. The van der Waals surface area contributed by atoms with Crippen LogP contribution in [-0.2, 0) is 70.0 Å². The van der Waals surface area contributed by atoms with Crippen molar-refractivity contribution in [2.75, 3.05) is 48.5 Å². The molecule has 0 radical (unpaired) electrons. The molecular weight excluding hydrogens is 1910 g/mol. The summed E-state index contributed by atoms with van der Waals surface area (Å²) in [4.78, 5) is 115. The van der Waals surface area contributed by atoms with E-state index in [9.17, 15) is 28.8 Å². The van der Waals surface area contributed by atoms with Crippen molar-refractivity contribution < 1.29 is 19.1 Å². The van der Waals surface area contributed by atoms with Crippen LogP contribution in [0, 0.1) is 0 Å². The molecule has 30 nitrogen and oxygen atoms in total. The second-order valence-electron chi connectivity index (χ2n) is 43.8. The molecule has 762 valence electrons. The highest BCUT2D eigenvalue weighted by Gasteiger charge is 2.32. The molecule has 11 heterocycles. The highest BCUT2D eigenvalue weighted by Crippen LogP contribution is 2.35. The molecule has 3 aliphatic rings. The summed E-state index contributed by atoms with van der Waals surface area (Å²) in [5.41, 5.74) is 24.7. The molecule has 7 aromatic carbocycles. The number of nitrogens with zero attached hydrogens (tertiary/aromatic N) is 17. The number of carbonyl (C=O) groups is 2. The van der Waals surface area contributed by atoms with Crippen molar-refractivity contribution in [3.05, 3.63) is 278 Å². The molecule has 6 N–H and O–H groups in total. The average Bonchev–Trinajstić information content (AvgIpc) is 1.60. The second kappa shape index (κ2) is 44.3. The summed E-state index contributed by atoms with van der Waals surface area (Å²) in [5.74, 6) is 0.883. The summed E-state index contributed by atoms with van der Waals surface area (Å²) >= 11 is 6.38. The number of hydrogen-bond donors (Lipinski definition) is 5. The molecule has 0 aliphatic carbocycles. The number of H-pyrrole nitrogens is 1. The topological polar surface area (TPSA) is 343 Å². The van der Waals surface area contributed by atoms with E-state index in [4.69, 9.17) is 25.2 Å². The molecule has 3 aliphatic heterocycles. The molecule has 0 unspecified atom stereocenters. The van der Waals surface area contributed by atoms with Crippen molar-refractivity contribution in [1.29, 1.82) is 0 Å². The van der Waals surface area contributed by atoms with Gasteiger partial charge in [-0.2, -0.15) is 9.97 Å². The van der Waals surface area contributed by atoms with Gasteiger partial charge in [-0.05, 0) is 297 Å². The Balaban J connectivity index is 0.000000152. The number of ether oxygens (including phenoxy) is 2. The number of aromatic amines is 1. The quantitative estimate of drug-likeness (QED) is 0.0407. The van der Waals surface area contributed by atoms with Gasteiger partial charge in [0.05, 0.1) is 17.1 Å². The number of benzene rings is 7. The summed E-state index contributed by atoms with van der Waals surface area (Å²) in [6.07, 6.45) is 12.3. The van der Waals surface area contributed by atoms with E-state index in [1.54, 1.807) is 53.3 Å². The lowest BCUT2D eigenvalue weighted by Crippen LogP contribution is -2.39. The van der Waals surface area contributed by atoms with E-state index >= 15 is 0 Å². The minimum Gasteiger partial charge on any atom is -0.444 e. The van der Waals surface area contributed by atoms with Gasteiger partial charge in [0, 0.05) is 103 Å². The maximum Gasteiger partial charge on any atom is 0.410 e. The van der Waals surface area contributed by atoms with Crippen molar-refractivity contribution in [3.63, 3.8) is 0 Å². The zero-order valence-electron chi connectivity index (χ0n) is 88.6. The first-order valence-electron chi connectivity index (χ1n) is 49.1. The molecule has 0 atom stereocenters. The highest BCUT2D eigenvalue weighted by molar-refractivity contribution is 9.10. The number of nitrogen functional groups attached to an aromatic ring is 1. The lowest BCUT2D eigenvalue weighted by atomic mass is 9.87. The molecule has 8 aromatic heterocycles. The van der Waals surface area contributed by atoms with Crippen LogP contribution in [0.3, 0.4) is 0 Å². The number of aromatic nitrogens is 16. The Morgan fingerprint density at radius 3 is 1.17 bits per heavy atom. The SMILES string of the molecule is CC(C)(C)OC(=O)N1CCc2cc(N)ccc2C1.CC(C)(C)c1cccc(Br)c1.CC(C)n1c(=O)c2cnc(Nc3ccc4c(c3)CCN(C(=O)OC(C)(C)C)C4)nc2n1-c1cccc(C(C)(C)C)c1.CC(C)n1c(=O)c2cnc(Nc3ccc4c(c3)CCNC4)nc2n1-c1cccc(C(C)(C)C)c1.CSc1ncc2c(=O)n(C(C)C)[nH]c2n1.CSc1ncc2c(=O)n(C(C)C)n(-c3cccc(C(C)(C)C)c3)c2n1. The summed E-state index contributed by atoms with van der Waals surface area (Å²) in [5, 5.41) is 16.5.